The molecular formula is C39H40F2N6O3. The highest BCUT2D eigenvalue weighted by Gasteiger charge is 2.49. The lowest BCUT2D eigenvalue weighted by Crippen LogP contribution is -2.56. The third kappa shape index (κ3) is 4.97. The number of likely N-dealkylation sites (tertiary alicyclic amines) is 1. The summed E-state index contributed by atoms with van der Waals surface area (Å²) in [5.41, 5.74) is 0.0210. The zero-order chi connectivity index (χ0) is 34.3. The molecule has 9 nitrogen and oxygen atoms in total. The van der Waals surface area contributed by atoms with E-state index in [1.807, 2.05) is 0 Å². The topological polar surface area (TPSA) is 94.9 Å². The van der Waals surface area contributed by atoms with Gasteiger partial charge in [-0.15, -0.1) is 6.42 Å². The number of hydrogen-bond acceptors (Lipinski definition) is 8. The molecule has 2 aliphatic carbocycles. The highest BCUT2D eigenvalue weighted by molar-refractivity contribution is 6.03. The summed E-state index contributed by atoms with van der Waals surface area (Å²) in [6.07, 6.45) is 16.5. The summed E-state index contributed by atoms with van der Waals surface area (Å²) in [5, 5.41) is 11.8. The third-order valence-electron chi connectivity index (χ3n) is 12.1. The number of halogens is 2. The number of rotatable bonds is 6. The van der Waals surface area contributed by atoms with Gasteiger partial charge >= 0.3 is 6.01 Å². The Morgan fingerprint density at radius 2 is 1.86 bits per heavy atom. The minimum atomic E-state index is -0.741. The highest BCUT2D eigenvalue weighted by Crippen LogP contribution is 2.48. The van der Waals surface area contributed by atoms with Crippen molar-refractivity contribution in [3.05, 3.63) is 47.7 Å². The van der Waals surface area contributed by atoms with Crippen LogP contribution in [0.3, 0.4) is 0 Å². The fourth-order valence-corrected chi connectivity index (χ4v) is 9.63. The van der Waals surface area contributed by atoms with Crippen LogP contribution in [0.2, 0.25) is 0 Å². The number of terminal acetylenes is 1. The summed E-state index contributed by atoms with van der Waals surface area (Å²) in [6.45, 7) is 2.64. The molecule has 2 aromatic carbocycles. The van der Waals surface area contributed by atoms with Crippen molar-refractivity contribution in [2.45, 2.75) is 75.9 Å². The maximum absolute atomic E-state index is 17.1. The van der Waals surface area contributed by atoms with Gasteiger partial charge in [0, 0.05) is 59.7 Å². The van der Waals surface area contributed by atoms with E-state index in [1.165, 1.54) is 24.3 Å². The lowest BCUT2D eigenvalue weighted by atomic mass is 9.76. The summed E-state index contributed by atoms with van der Waals surface area (Å²) in [5.74, 6) is 1.83. The number of fused-ring (bicyclic) bond motifs is 5. The first-order chi connectivity index (χ1) is 24.2. The number of piperazine rings is 1. The van der Waals surface area contributed by atoms with Crippen LogP contribution in [0.1, 0.15) is 63.4 Å². The molecule has 0 radical (unpaired) electrons. The van der Waals surface area contributed by atoms with Crippen molar-refractivity contribution in [2.24, 2.45) is 11.3 Å². The summed E-state index contributed by atoms with van der Waals surface area (Å²) in [6, 6.07) is 6.17. The molecule has 4 atom stereocenters. The van der Waals surface area contributed by atoms with Gasteiger partial charge in [0.25, 0.3) is 0 Å². The Kier molecular flexibility index (Phi) is 7.39. The number of carbonyl (C=O) groups excluding carboxylic acids is 1. The van der Waals surface area contributed by atoms with E-state index in [4.69, 9.17) is 21.1 Å². The lowest BCUT2D eigenvalue weighted by molar-refractivity contribution is -0.135. The fourth-order valence-electron chi connectivity index (χ4n) is 9.63. The van der Waals surface area contributed by atoms with Crippen molar-refractivity contribution < 1.29 is 23.4 Å². The Morgan fingerprint density at radius 1 is 1.08 bits per heavy atom. The van der Waals surface area contributed by atoms with Gasteiger partial charge in [-0.3, -0.25) is 9.78 Å². The maximum Gasteiger partial charge on any atom is 0.319 e. The maximum atomic E-state index is 17.1. The second-order valence-electron chi connectivity index (χ2n) is 15.1. The number of pyridine rings is 1. The second kappa shape index (κ2) is 11.8. The average Bonchev–Trinajstić information content (AvgIpc) is 3.82. The fraction of sp³-hybridized carbons (Fsp3) is 0.487. The predicted molar refractivity (Wildman–Crippen MR) is 186 cm³/mol. The number of aromatic nitrogens is 3. The van der Waals surface area contributed by atoms with Crippen LogP contribution < -0.4 is 9.64 Å². The van der Waals surface area contributed by atoms with Gasteiger partial charge in [-0.2, -0.15) is 9.97 Å². The molecule has 258 valence electrons. The van der Waals surface area contributed by atoms with E-state index in [2.05, 4.69) is 32.7 Å². The van der Waals surface area contributed by atoms with E-state index in [9.17, 15) is 14.3 Å². The van der Waals surface area contributed by atoms with Crippen LogP contribution in [0, 0.1) is 35.3 Å². The number of nitrogens with zero attached hydrogens (tertiary/aromatic N) is 6. The van der Waals surface area contributed by atoms with E-state index in [1.54, 1.807) is 6.20 Å². The first-order valence-electron chi connectivity index (χ1n) is 17.9. The van der Waals surface area contributed by atoms with E-state index in [0.717, 1.165) is 64.3 Å². The highest BCUT2D eigenvalue weighted by atomic mass is 19.1. The molecule has 3 unspecified atom stereocenters. The molecule has 2 bridgehead atoms. The summed E-state index contributed by atoms with van der Waals surface area (Å²) in [4.78, 5) is 34.1. The summed E-state index contributed by atoms with van der Waals surface area (Å²) >= 11 is 0. The average molecular weight is 679 g/mol. The summed E-state index contributed by atoms with van der Waals surface area (Å²) < 4.78 is 38.5. The molecule has 4 aromatic rings. The molecule has 3 aliphatic heterocycles. The monoisotopic (exact) mass is 678 g/mol. The molecule has 3 saturated heterocycles. The third-order valence-corrected chi connectivity index (χ3v) is 12.1. The van der Waals surface area contributed by atoms with Crippen LogP contribution in [-0.4, -0.2) is 87.2 Å². The van der Waals surface area contributed by atoms with E-state index >= 15 is 4.39 Å². The van der Waals surface area contributed by atoms with Crippen molar-refractivity contribution >= 4 is 33.4 Å². The van der Waals surface area contributed by atoms with Gasteiger partial charge in [0.15, 0.2) is 5.82 Å². The SMILES string of the molecule is C#Cc1c(F)ccc2cc(O)cc(-c3ncc4c(N5CC6CCC(C5)N6C(=O)C5CC5)nc(OC[C@]56CCCC5N(C)CCC6)nc4c3F)c12. The molecule has 9 rings (SSSR count). The van der Waals surface area contributed by atoms with Crippen molar-refractivity contribution in [1.82, 2.24) is 24.8 Å². The second-order valence-corrected chi connectivity index (χ2v) is 15.1. The van der Waals surface area contributed by atoms with Crippen LogP contribution in [0.4, 0.5) is 14.6 Å². The van der Waals surface area contributed by atoms with Crippen LogP contribution in [0.25, 0.3) is 32.9 Å². The van der Waals surface area contributed by atoms with Crippen molar-refractivity contribution in [2.75, 3.05) is 38.2 Å². The number of ether oxygens (including phenoxy) is 1. The largest absolute Gasteiger partial charge is 0.508 e. The Bertz CT molecular complexity index is 2080. The standard InChI is InChI=1S/C39H40F2N6O3/c1-3-27-30(40)12-9-23-16-26(48)17-28(32(23)27)34-33(41)35-29(18-42-34)36(46-19-24-10-11-25(20-46)47(24)37(49)22-7-8-22)44-38(43-35)50-21-39-13-4-6-31(39)45(2)15-5-14-39/h1,9,12,16-18,22,24-25,31,48H,4-8,10-11,13-15,19-21H2,2H3/t24?,25?,31?,39-/m1/s1. The Labute approximate surface area is 289 Å². The van der Waals surface area contributed by atoms with E-state index in [0.29, 0.717) is 42.3 Å². The van der Waals surface area contributed by atoms with E-state index < -0.39 is 11.6 Å². The van der Waals surface area contributed by atoms with Gasteiger partial charge in [0.2, 0.25) is 5.91 Å². The molecule has 5 fully saturated rings. The number of phenols is 1. The first kappa shape index (κ1) is 31.4. The number of anilines is 1. The number of benzene rings is 2. The van der Waals surface area contributed by atoms with Crippen molar-refractivity contribution in [1.29, 1.82) is 0 Å². The first-order valence-corrected chi connectivity index (χ1v) is 17.9. The van der Waals surface area contributed by atoms with Crippen LogP contribution in [0.15, 0.2) is 30.5 Å². The zero-order valence-electron chi connectivity index (χ0n) is 28.2. The minimum absolute atomic E-state index is 0.0164. The minimum Gasteiger partial charge on any atom is -0.508 e. The molecule has 5 heterocycles. The van der Waals surface area contributed by atoms with Crippen molar-refractivity contribution in [3.8, 4) is 35.4 Å². The normalized spacial score (nSPS) is 26.4. The molecule has 2 saturated carbocycles. The Hall–Kier alpha value is -4.56. The van der Waals surface area contributed by atoms with Gasteiger partial charge in [-0.25, -0.2) is 8.78 Å². The lowest BCUT2D eigenvalue weighted by Gasteiger charge is -2.44. The van der Waals surface area contributed by atoms with Crippen molar-refractivity contribution in [3.63, 3.8) is 0 Å². The number of aromatic hydroxyl groups is 1. The molecule has 0 spiro atoms. The number of hydrogen-bond donors (Lipinski definition) is 1. The van der Waals surface area contributed by atoms with Crippen LogP contribution in [0.5, 0.6) is 11.8 Å². The Morgan fingerprint density at radius 3 is 2.62 bits per heavy atom. The van der Waals surface area contributed by atoms with Gasteiger partial charge in [-0.05, 0) is 88.5 Å². The smallest absolute Gasteiger partial charge is 0.319 e. The van der Waals surface area contributed by atoms with Gasteiger partial charge in [-0.1, -0.05) is 18.4 Å². The Balaban J connectivity index is 1.16. The van der Waals surface area contributed by atoms with Crippen LogP contribution in [-0.2, 0) is 4.79 Å². The molecule has 11 heteroatoms. The summed E-state index contributed by atoms with van der Waals surface area (Å²) in [7, 11) is 2.18. The molecule has 1 N–H and O–H groups in total. The number of piperidine rings is 1. The quantitative estimate of drug-likeness (QED) is 0.247. The van der Waals surface area contributed by atoms with Gasteiger partial charge in [0.05, 0.1) is 17.6 Å². The van der Waals surface area contributed by atoms with Gasteiger partial charge in [0.1, 0.15) is 28.6 Å². The number of carbonyl (C=O) groups is 1. The predicted octanol–water partition coefficient (Wildman–Crippen LogP) is 6.04. The van der Waals surface area contributed by atoms with Gasteiger partial charge < -0.3 is 24.5 Å². The zero-order valence-corrected chi connectivity index (χ0v) is 28.2. The molecule has 5 aliphatic rings. The van der Waals surface area contributed by atoms with E-state index in [-0.39, 0.29) is 68.8 Å². The number of amides is 1. The van der Waals surface area contributed by atoms with Crippen LogP contribution >= 0.6 is 0 Å². The molecule has 1 amide bonds. The number of phenolic OH excluding ortho intramolecular Hbond substituents is 1. The molecule has 2 aromatic heterocycles. The molecular weight excluding hydrogens is 638 g/mol. The molecule has 50 heavy (non-hydrogen) atoms.